The van der Waals surface area contributed by atoms with Crippen molar-refractivity contribution in [3.05, 3.63) is 12.3 Å². The van der Waals surface area contributed by atoms with Crippen molar-refractivity contribution in [3.63, 3.8) is 0 Å². The summed E-state index contributed by atoms with van der Waals surface area (Å²) in [7, 11) is 0. The topological polar surface area (TPSA) is 12.4 Å². The molecule has 4 heavy (non-hydrogen) atoms. The van der Waals surface area contributed by atoms with Crippen LogP contribution in [0.25, 0.3) is 0 Å². The maximum absolute atomic E-state index is 3.49. The van der Waals surface area contributed by atoms with Gasteiger partial charge in [0.1, 0.15) is 0 Å². The van der Waals surface area contributed by atoms with Crippen molar-refractivity contribution in [2.75, 3.05) is 0 Å². The summed E-state index contributed by atoms with van der Waals surface area (Å²) in [6, 6.07) is 0. The van der Waals surface area contributed by atoms with Crippen molar-refractivity contribution in [1.82, 2.24) is 0 Å². The standard InChI is InChI=1S/C3H2N/c1-2-4-3-1/h1-2H. The molecule has 1 heteroatoms. The molecule has 0 saturated heterocycles. The van der Waals surface area contributed by atoms with E-state index in [0.29, 0.717) is 0 Å². The van der Waals surface area contributed by atoms with E-state index in [1.54, 1.807) is 12.3 Å². The van der Waals surface area contributed by atoms with Crippen LogP contribution in [-0.2, 0) is 0 Å². The summed E-state index contributed by atoms with van der Waals surface area (Å²) in [6.45, 7) is 0. The Labute approximate surface area is 24.7 Å². The molecule has 0 amide bonds. The molecule has 0 bridgehead atoms. The Balaban J connectivity index is 2.67. The minimum atomic E-state index is 1.69. The predicted molar refractivity (Wildman–Crippen MR) is 16.3 cm³/mol. The molecule has 1 rings (SSSR count). The summed E-state index contributed by atoms with van der Waals surface area (Å²) >= 11 is 0. The average molecular weight is 52.1 g/mol. The molecule has 1 aliphatic heterocycles. The molecular weight excluding hydrogens is 50.0 g/mol. The van der Waals surface area contributed by atoms with Crippen LogP contribution in [0.5, 0.6) is 0 Å². The molecule has 0 aromatic rings. The van der Waals surface area contributed by atoms with E-state index in [2.05, 4.69) is 11.2 Å². The van der Waals surface area contributed by atoms with E-state index >= 15 is 0 Å². The first-order chi connectivity index (χ1) is 2.00. The lowest BCUT2D eigenvalue weighted by molar-refractivity contribution is 1.48. The van der Waals surface area contributed by atoms with Crippen LogP contribution in [0, 0.1) is 6.20 Å². The molecule has 1 aliphatic rings. The van der Waals surface area contributed by atoms with Crippen molar-refractivity contribution in [1.29, 1.82) is 0 Å². The Morgan fingerprint density at radius 1 is 1.75 bits per heavy atom. The highest BCUT2D eigenvalue weighted by Gasteiger charge is 1.68. The molecule has 0 N–H and O–H groups in total. The van der Waals surface area contributed by atoms with Crippen molar-refractivity contribution in [3.8, 4) is 0 Å². The van der Waals surface area contributed by atoms with Gasteiger partial charge in [0.2, 0.25) is 0 Å². The molecule has 1 radical (unpaired) electrons. The highest BCUT2D eigenvalue weighted by molar-refractivity contribution is 5.75. The smallest absolute Gasteiger partial charge is 0.0901 e. The lowest BCUT2D eigenvalue weighted by Crippen LogP contribution is -1.69. The summed E-state index contributed by atoms with van der Waals surface area (Å²) in [5, 5.41) is 0. The monoisotopic (exact) mass is 52.0 g/mol. The van der Waals surface area contributed by atoms with Gasteiger partial charge >= 0.3 is 0 Å². The van der Waals surface area contributed by atoms with Gasteiger partial charge in [-0.15, -0.1) is 0 Å². The van der Waals surface area contributed by atoms with Crippen LogP contribution in [-0.4, -0.2) is 6.21 Å². The highest BCUT2D eigenvalue weighted by Crippen LogP contribution is 1.76. The van der Waals surface area contributed by atoms with Gasteiger partial charge in [0.05, 0.1) is 6.20 Å². The molecule has 0 fully saturated rings. The first-order valence-corrected chi connectivity index (χ1v) is 1.10. The van der Waals surface area contributed by atoms with E-state index in [0.717, 1.165) is 0 Å². The second-order valence-electron chi connectivity index (χ2n) is 0.574. The Bertz CT molecular complexity index is 43.7. The summed E-state index contributed by atoms with van der Waals surface area (Å²) in [4.78, 5) is 3.49. The third-order valence-electron chi connectivity index (χ3n) is 0.298. The van der Waals surface area contributed by atoms with Crippen LogP contribution in [0.15, 0.2) is 11.1 Å². The lowest BCUT2D eigenvalue weighted by atomic mass is 10.6. The summed E-state index contributed by atoms with van der Waals surface area (Å²) in [6.07, 6.45) is 6.01. The average Bonchev–Trinajstić information content (AvgIpc) is 0.722. The largest absolute Gasteiger partial charge is 0.254 e. The van der Waals surface area contributed by atoms with Gasteiger partial charge in [0, 0.05) is 6.21 Å². The van der Waals surface area contributed by atoms with Gasteiger partial charge in [0.25, 0.3) is 0 Å². The van der Waals surface area contributed by atoms with Crippen LogP contribution in [0.3, 0.4) is 0 Å². The van der Waals surface area contributed by atoms with Crippen molar-refractivity contribution < 1.29 is 0 Å². The molecule has 0 unspecified atom stereocenters. The molecule has 0 aliphatic carbocycles. The van der Waals surface area contributed by atoms with Crippen LogP contribution in [0.2, 0.25) is 0 Å². The van der Waals surface area contributed by atoms with Crippen molar-refractivity contribution >= 4 is 6.21 Å². The van der Waals surface area contributed by atoms with Gasteiger partial charge < -0.3 is 0 Å². The second-order valence-corrected chi connectivity index (χ2v) is 0.574. The fraction of sp³-hybridized carbons (Fsp3) is 0. The molecule has 0 atom stereocenters. The molecule has 0 aromatic heterocycles. The zero-order valence-corrected chi connectivity index (χ0v) is 2.10. The zero-order chi connectivity index (χ0) is 2.83. The van der Waals surface area contributed by atoms with Crippen LogP contribution < -0.4 is 0 Å². The quantitative estimate of drug-likeness (QED) is 0.378. The molecule has 0 saturated carbocycles. The molecule has 1 heterocycles. The van der Waals surface area contributed by atoms with Gasteiger partial charge in [-0.1, -0.05) is 0 Å². The van der Waals surface area contributed by atoms with Gasteiger partial charge in [-0.05, 0) is 6.08 Å². The zero-order valence-electron chi connectivity index (χ0n) is 2.10. The van der Waals surface area contributed by atoms with E-state index in [9.17, 15) is 0 Å². The second kappa shape index (κ2) is 0.412. The maximum atomic E-state index is 3.49. The van der Waals surface area contributed by atoms with Gasteiger partial charge in [-0.2, -0.15) is 0 Å². The molecule has 0 spiro atoms. The third-order valence-corrected chi connectivity index (χ3v) is 0.298. The van der Waals surface area contributed by atoms with Crippen LogP contribution >= 0.6 is 0 Å². The normalized spacial score (nSPS) is 16.0. The van der Waals surface area contributed by atoms with E-state index in [1.807, 2.05) is 0 Å². The minimum Gasteiger partial charge on any atom is -0.254 e. The van der Waals surface area contributed by atoms with Crippen LogP contribution in [0.1, 0.15) is 0 Å². The fourth-order valence-corrected chi connectivity index (χ4v) is 0.0745. The van der Waals surface area contributed by atoms with Crippen molar-refractivity contribution in [2.45, 2.75) is 0 Å². The highest BCUT2D eigenvalue weighted by atomic mass is 14.7. The number of nitrogens with zero attached hydrogens (tertiary/aromatic N) is 1. The van der Waals surface area contributed by atoms with E-state index < -0.39 is 0 Å². The van der Waals surface area contributed by atoms with E-state index in [-0.39, 0.29) is 0 Å². The summed E-state index contributed by atoms with van der Waals surface area (Å²) in [5.41, 5.74) is 0. The number of rotatable bonds is 0. The first-order valence-electron chi connectivity index (χ1n) is 1.10. The number of hydrogen-bond donors (Lipinski definition) is 0. The SMILES string of the molecule is [C]1=CC=N1. The lowest BCUT2D eigenvalue weighted by Gasteiger charge is -1.75. The van der Waals surface area contributed by atoms with Gasteiger partial charge in [-0.3, -0.25) is 4.99 Å². The van der Waals surface area contributed by atoms with Crippen molar-refractivity contribution in [2.24, 2.45) is 4.99 Å². The number of aliphatic imine (C=N–C) groups is 1. The molecule has 19 valence electrons. The fourth-order valence-electron chi connectivity index (χ4n) is 0.0745. The molecule has 1 nitrogen and oxygen atoms in total. The Hall–Kier alpha value is -0.590. The Morgan fingerprint density at radius 2 is 2.00 bits per heavy atom. The van der Waals surface area contributed by atoms with Gasteiger partial charge in [0.15, 0.2) is 0 Å². The number of allylic oxidation sites excluding steroid dienone is 1. The third kappa shape index (κ3) is 0.0204. The Morgan fingerprint density at radius 3 is 2.00 bits per heavy atom. The summed E-state index contributed by atoms with van der Waals surface area (Å²) < 4.78 is 0. The summed E-state index contributed by atoms with van der Waals surface area (Å²) in [5.74, 6) is 0. The van der Waals surface area contributed by atoms with Crippen LogP contribution in [0.4, 0.5) is 0 Å². The molecular formula is C3H2N. The Kier molecular flexibility index (Phi) is 0.175. The first kappa shape index (κ1) is 1.70. The predicted octanol–water partition coefficient (Wildman–Crippen LogP) is 0.388. The maximum Gasteiger partial charge on any atom is 0.0901 e. The minimum absolute atomic E-state index is 1.69. The van der Waals surface area contributed by atoms with E-state index in [4.69, 9.17) is 0 Å². The van der Waals surface area contributed by atoms with E-state index in [1.165, 1.54) is 0 Å². The number of hydrogen-bond acceptors (Lipinski definition) is 1. The van der Waals surface area contributed by atoms with Gasteiger partial charge in [-0.25, -0.2) is 0 Å². The molecule has 0 aromatic carbocycles.